The van der Waals surface area contributed by atoms with Crippen molar-refractivity contribution in [2.24, 2.45) is 0 Å². The van der Waals surface area contributed by atoms with E-state index in [0.717, 1.165) is 5.56 Å². The Morgan fingerprint density at radius 3 is 2.43 bits per heavy atom. The van der Waals surface area contributed by atoms with Gasteiger partial charge < -0.3 is 9.84 Å². The molecule has 0 aromatic heterocycles. The van der Waals surface area contributed by atoms with Crippen molar-refractivity contribution in [1.82, 2.24) is 4.90 Å². The lowest BCUT2D eigenvalue weighted by atomic mass is 10.2. The molecule has 0 fully saturated rings. The fourth-order valence-corrected chi connectivity index (χ4v) is 2.22. The van der Waals surface area contributed by atoms with Gasteiger partial charge in [0.25, 0.3) is 0 Å². The van der Waals surface area contributed by atoms with Gasteiger partial charge in [0.05, 0.1) is 13.2 Å². The summed E-state index contributed by atoms with van der Waals surface area (Å²) in [6.45, 7) is 1.01. The van der Waals surface area contributed by atoms with E-state index in [1.165, 1.54) is 19.2 Å². The van der Waals surface area contributed by atoms with E-state index in [-0.39, 0.29) is 23.2 Å². The predicted molar refractivity (Wildman–Crippen MR) is 73.1 cm³/mol. The Morgan fingerprint density at radius 1 is 1.33 bits per heavy atom. The number of alkyl halides is 3. The van der Waals surface area contributed by atoms with Gasteiger partial charge in [0.15, 0.2) is 0 Å². The standard InChI is InChI=1S/C13H16F3NO3S/c1-20-7-6-17(9-12(18)19)8-10-2-4-11(5-3-10)21-13(14,15)16/h2-5H,6-9H2,1H3,(H,18,19). The lowest BCUT2D eigenvalue weighted by Crippen LogP contribution is -2.32. The average molecular weight is 323 g/mol. The van der Waals surface area contributed by atoms with Crippen LogP contribution in [0.15, 0.2) is 29.2 Å². The highest BCUT2D eigenvalue weighted by Gasteiger charge is 2.29. The second-order valence-corrected chi connectivity index (χ2v) is 5.43. The van der Waals surface area contributed by atoms with Crippen LogP contribution in [-0.4, -0.2) is 48.3 Å². The van der Waals surface area contributed by atoms with Gasteiger partial charge in [0, 0.05) is 25.1 Å². The predicted octanol–water partition coefficient (Wildman–Crippen LogP) is 2.83. The van der Waals surface area contributed by atoms with Gasteiger partial charge in [0.2, 0.25) is 0 Å². The minimum atomic E-state index is -4.31. The Morgan fingerprint density at radius 2 is 1.95 bits per heavy atom. The monoisotopic (exact) mass is 323 g/mol. The molecule has 0 bridgehead atoms. The largest absolute Gasteiger partial charge is 0.480 e. The van der Waals surface area contributed by atoms with Crippen molar-refractivity contribution in [3.05, 3.63) is 29.8 Å². The van der Waals surface area contributed by atoms with Crippen LogP contribution in [-0.2, 0) is 16.1 Å². The maximum atomic E-state index is 12.2. The number of carboxylic acid groups (broad SMARTS) is 1. The lowest BCUT2D eigenvalue weighted by molar-refractivity contribution is -0.138. The van der Waals surface area contributed by atoms with Crippen molar-refractivity contribution in [3.8, 4) is 0 Å². The molecule has 0 radical (unpaired) electrons. The Hall–Kier alpha value is -1.25. The molecule has 1 aromatic rings. The molecule has 0 heterocycles. The van der Waals surface area contributed by atoms with E-state index in [1.807, 2.05) is 0 Å². The minimum absolute atomic E-state index is 0.105. The number of carbonyl (C=O) groups is 1. The second kappa shape index (κ2) is 8.26. The number of benzene rings is 1. The van der Waals surface area contributed by atoms with Gasteiger partial charge in [0.1, 0.15) is 0 Å². The van der Waals surface area contributed by atoms with E-state index in [4.69, 9.17) is 9.84 Å². The smallest absolute Gasteiger partial charge is 0.446 e. The maximum absolute atomic E-state index is 12.2. The molecule has 21 heavy (non-hydrogen) atoms. The highest BCUT2D eigenvalue weighted by Crippen LogP contribution is 2.36. The van der Waals surface area contributed by atoms with Crippen molar-refractivity contribution >= 4 is 17.7 Å². The number of methoxy groups -OCH3 is 1. The van der Waals surface area contributed by atoms with Gasteiger partial charge >= 0.3 is 11.5 Å². The molecule has 1 aromatic carbocycles. The van der Waals surface area contributed by atoms with E-state index >= 15 is 0 Å². The molecule has 0 spiro atoms. The van der Waals surface area contributed by atoms with E-state index in [2.05, 4.69) is 0 Å². The molecule has 0 unspecified atom stereocenters. The van der Waals surface area contributed by atoms with Crippen molar-refractivity contribution in [1.29, 1.82) is 0 Å². The molecule has 0 atom stereocenters. The molecular weight excluding hydrogens is 307 g/mol. The molecule has 8 heteroatoms. The molecule has 1 rings (SSSR count). The number of rotatable bonds is 8. The molecule has 4 nitrogen and oxygen atoms in total. The Balaban J connectivity index is 2.64. The summed E-state index contributed by atoms with van der Waals surface area (Å²) >= 11 is -0.175. The Labute approximate surface area is 124 Å². The first-order chi connectivity index (χ1) is 9.80. The normalized spacial score (nSPS) is 11.9. The van der Waals surface area contributed by atoms with Gasteiger partial charge in [-0.2, -0.15) is 13.2 Å². The minimum Gasteiger partial charge on any atom is -0.480 e. The van der Waals surface area contributed by atoms with Crippen molar-refractivity contribution in [2.75, 3.05) is 26.8 Å². The van der Waals surface area contributed by atoms with Crippen LogP contribution in [0.3, 0.4) is 0 Å². The fourth-order valence-electron chi connectivity index (χ4n) is 1.68. The van der Waals surface area contributed by atoms with Crippen molar-refractivity contribution in [3.63, 3.8) is 0 Å². The van der Waals surface area contributed by atoms with Crippen LogP contribution in [0, 0.1) is 0 Å². The molecule has 0 saturated heterocycles. The number of thioether (sulfide) groups is 1. The lowest BCUT2D eigenvalue weighted by Gasteiger charge is -2.20. The molecule has 0 aliphatic heterocycles. The number of ether oxygens (including phenoxy) is 1. The van der Waals surface area contributed by atoms with Crippen LogP contribution in [0.5, 0.6) is 0 Å². The summed E-state index contributed by atoms with van der Waals surface area (Å²) < 4.78 is 41.5. The Bertz CT molecular complexity index is 451. The summed E-state index contributed by atoms with van der Waals surface area (Å²) in [5.41, 5.74) is -3.56. The van der Waals surface area contributed by atoms with Crippen LogP contribution in [0.2, 0.25) is 0 Å². The third kappa shape index (κ3) is 7.93. The summed E-state index contributed by atoms with van der Waals surface area (Å²) in [4.78, 5) is 12.5. The zero-order valence-corrected chi connectivity index (χ0v) is 12.2. The van der Waals surface area contributed by atoms with Crippen LogP contribution < -0.4 is 0 Å². The number of aliphatic carboxylic acids is 1. The summed E-state index contributed by atoms with van der Waals surface area (Å²) in [6, 6.07) is 5.89. The average Bonchev–Trinajstić information content (AvgIpc) is 2.36. The summed E-state index contributed by atoms with van der Waals surface area (Å²) in [7, 11) is 1.52. The van der Waals surface area contributed by atoms with Gasteiger partial charge in [-0.05, 0) is 29.5 Å². The summed E-state index contributed by atoms with van der Waals surface area (Å²) in [5.74, 6) is -0.963. The van der Waals surface area contributed by atoms with Crippen LogP contribution in [0.4, 0.5) is 13.2 Å². The first-order valence-corrected chi connectivity index (χ1v) is 6.89. The SMILES string of the molecule is COCCN(CC(=O)O)Cc1ccc(SC(F)(F)F)cc1. The molecule has 0 aliphatic rings. The second-order valence-electron chi connectivity index (χ2n) is 4.29. The highest BCUT2D eigenvalue weighted by molar-refractivity contribution is 8.00. The maximum Gasteiger partial charge on any atom is 0.446 e. The number of nitrogens with zero attached hydrogens (tertiary/aromatic N) is 1. The topological polar surface area (TPSA) is 49.8 Å². The van der Waals surface area contributed by atoms with Crippen LogP contribution in [0.1, 0.15) is 5.56 Å². The first-order valence-electron chi connectivity index (χ1n) is 6.08. The zero-order chi connectivity index (χ0) is 15.9. The van der Waals surface area contributed by atoms with Crippen molar-refractivity contribution in [2.45, 2.75) is 16.9 Å². The molecule has 118 valence electrons. The van der Waals surface area contributed by atoms with E-state index in [1.54, 1.807) is 17.0 Å². The van der Waals surface area contributed by atoms with Crippen LogP contribution in [0.25, 0.3) is 0 Å². The quantitative estimate of drug-likeness (QED) is 0.746. The van der Waals surface area contributed by atoms with E-state index in [0.29, 0.717) is 19.7 Å². The third-order valence-corrected chi connectivity index (χ3v) is 3.27. The summed E-state index contributed by atoms with van der Waals surface area (Å²) in [6.07, 6.45) is 0. The fraction of sp³-hybridized carbons (Fsp3) is 0.462. The molecule has 0 aliphatic carbocycles. The number of hydrogen-bond acceptors (Lipinski definition) is 4. The third-order valence-electron chi connectivity index (χ3n) is 2.53. The number of halogens is 3. The van der Waals surface area contributed by atoms with Gasteiger partial charge in [-0.1, -0.05) is 12.1 Å². The molecule has 0 saturated carbocycles. The molecule has 1 N–H and O–H groups in total. The van der Waals surface area contributed by atoms with Crippen molar-refractivity contribution < 1.29 is 27.8 Å². The molecule has 0 amide bonds. The molecular formula is C13H16F3NO3S. The first kappa shape index (κ1) is 17.8. The summed E-state index contributed by atoms with van der Waals surface area (Å²) in [5, 5.41) is 8.82. The van der Waals surface area contributed by atoms with E-state index < -0.39 is 11.5 Å². The van der Waals surface area contributed by atoms with Crippen LogP contribution >= 0.6 is 11.8 Å². The number of carboxylic acids is 1. The Kier molecular flexibility index (Phi) is 7.00. The zero-order valence-electron chi connectivity index (χ0n) is 11.4. The highest BCUT2D eigenvalue weighted by atomic mass is 32.2. The van der Waals surface area contributed by atoms with Gasteiger partial charge in [-0.15, -0.1) is 0 Å². The van der Waals surface area contributed by atoms with Gasteiger partial charge in [-0.3, -0.25) is 9.69 Å². The van der Waals surface area contributed by atoms with E-state index in [9.17, 15) is 18.0 Å². The number of hydrogen-bond donors (Lipinski definition) is 1. The van der Waals surface area contributed by atoms with Gasteiger partial charge in [-0.25, -0.2) is 0 Å².